The molecule has 24 heavy (non-hydrogen) atoms. The van der Waals surface area contributed by atoms with E-state index in [1.165, 1.54) is 0 Å². The Labute approximate surface area is 139 Å². The fourth-order valence-corrected chi connectivity index (χ4v) is 2.16. The largest absolute Gasteiger partial charge is 0.478 e. The van der Waals surface area contributed by atoms with Gasteiger partial charge < -0.3 is 5.11 Å². The molecule has 0 saturated heterocycles. The van der Waals surface area contributed by atoms with E-state index < -0.39 is 5.97 Å². The molecule has 1 N–H and O–H groups in total. The average Bonchev–Trinajstić information content (AvgIpc) is 2.62. The molecule has 0 fully saturated rings. The predicted molar refractivity (Wildman–Crippen MR) is 91.6 cm³/mol. The Balaban J connectivity index is 1.87. The zero-order valence-corrected chi connectivity index (χ0v) is 13.0. The zero-order valence-electron chi connectivity index (χ0n) is 13.0. The molecule has 1 aromatic carbocycles. The predicted octanol–water partition coefficient (Wildman–Crippen LogP) is 3.55. The molecular formula is C20H14N2O2. The van der Waals surface area contributed by atoms with Gasteiger partial charge in [-0.1, -0.05) is 24.0 Å². The molecule has 3 aromatic rings. The monoisotopic (exact) mass is 314 g/mol. The first-order valence-electron chi connectivity index (χ1n) is 7.37. The van der Waals surface area contributed by atoms with E-state index in [2.05, 4.69) is 21.8 Å². The number of carboxylic acid groups (broad SMARTS) is 1. The maximum atomic E-state index is 11.0. The van der Waals surface area contributed by atoms with Crippen LogP contribution in [0.1, 0.15) is 27.0 Å². The van der Waals surface area contributed by atoms with E-state index in [0.717, 1.165) is 22.5 Å². The molecule has 2 heterocycles. The van der Waals surface area contributed by atoms with E-state index in [-0.39, 0.29) is 5.56 Å². The highest BCUT2D eigenvalue weighted by Gasteiger charge is 2.04. The summed E-state index contributed by atoms with van der Waals surface area (Å²) in [7, 11) is 0. The maximum absolute atomic E-state index is 11.0. The van der Waals surface area contributed by atoms with Crippen molar-refractivity contribution in [1.82, 2.24) is 9.97 Å². The summed E-state index contributed by atoms with van der Waals surface area (Å²) in [6.45, 7) is 1.90. The van der Waals surface area contributed by atoms with Crippen LogP contribution in [0.15, 0.2) is 60.9 Å². The average molecular weight is 314 g/mol. The second-order valence-corrected chi connectivity index (χ2v) is 5.23. The summed E-state index contributed by atoms with van der Waals surface area (Å²) in [5, 5.41) is 9.06. The third-order valence-corrected chi connectivity index (χ3v) is 3.52. The summed E-state index contributed by atoms with van der Waals surface area (Å²) >= 11 is 0. The lowest BCUT2D eigenvalue weighted by atomic mass is 10.0. The smallest absolute Gasteiger partial charge is 0.335 e. The number of aromatic carboxylic acids is 1. The first-order valence-corrected chi connectivity index (χ1v) is 7.37. The van der Waals surface area contributed by atoms with Crippen LogP contribution in [0, 0.1) is 18.8 Å². The molecule has 4 nitrogen and oxygen atoms in total. The van der Waals surface area contributed by atoms with E-state index in [9.17, 15) is 4.79 Å². The Bertz CT molecular complexity index is 937. The van der Waals surface area contributed by atoms with Gasteiger partial charge in [0.25, 0.3) is 0 Å². The highest BCUT2D eigenvalue weighted by Crippen LogP contribution is 2.14. The lowest BCUT2D eigenvalue weighted by Gasteiger charge is -2.00. The summed E-state index contributed by atoms with van der Waals surface area (Å²) in [5.41, 5.74) is 4.21. The molecule has 116 valence electrons. The second-order valence-electron chi connectivity index (χ2n) is 5.23. The SMILES string of the molecule is Cc1ccc(C(=O)O)cc1C#Cc1ccc(-c2ccccn2)nc1. The Morgan fingerprint density at radius 1 is 1.00 bits per heavy atom. The Kier molecular flexibility index (Phi) is 4.35. The second kappa shape index (κ2) is 6.76. The Morgan fingerprint density at radius 3 is 2.50 bits per heavy atom. The van der Waals surface area contributed by atoms with Crippen LogP contribution in [0.25, 0.3) is 11.4 Å². The van der Waals surface area contributed by atoms with Crippen molar-refractivity contribution in [2.24, 2.45) is 0 Å². The lowest BCUT2D eigenvalue weighted by Crippen LogP contribution is -1.97. The first-order chi connectivity index (χ1) is 11.6. The molecule has 3 rings (SSSR count). The van der Waals surface area contributed by atoms with Crippen LogP contribution in [-0.4, -0.2) is 21.0 Å². The fourth-order valence-electron chi connectivity index (χ4n) is 2.16. The normalized spacial score (nSPS) is 9.88. The number of rotatable bonds is 2. The summed E-state index contributed by atoms with van der Waals surface area (Å²) < 4.78 is 0. The minimum Gasteiger partial charge on any atom is -0.478 e. The van der Waals surface area contributed by atoms with Crippen molar-refractivity contribution in [3.8, 4) is 23.2 Å². The maximum Gasteiger partial charge on any atom is 0.335 e. The summed E-state index contributed by atoms with van der Waals surface area (Å²) in [6.07, 6.45) is 3.41. The van der Waals surface area contributed by atoms with Crippen molar-refractivity contribution in [3.63, 3.8) is 0 Å². The van der Waals surface area contributed by atoms with Crippen molar-refractivity contribution in [1.29, 1.82) is 0 Å². The first kappa shape index (κ1) is 15.4. The summed E-state index contributed by atoms with van der Waals surface area (Å²) in [6, 6.07) is 14.3. The number of pyridine rings is 2. The van der Waals surface area contributed by atoms with Gasteiger partial charge in [0.1, 0.15) is 0 Å². The molecule has 0 amide bonds. The quantitative estimate of drug-likeness (QED) is 0.735. The summed E-state index contributed by atoms with van der Waals surface area (Å²) in [5.74, 6) is 5.08. The molecule has 4 heteroatoms. The van der Waals surface area contributed by atoms with Crippen LogP contribution >= 0.6 is 0 Å². The Hall–Kier alpha value is -3.45. The van der Waals surface area contributed by atoms with Crippen LogP contribution in [-0.2, 0) is 0 Å². The number of benzene rings is 1. The molecule has 0 bridgehead atoms. The number of carbonyl (C=O) groups is 1. The van der Waals surface area contributed by atoms with Gasteiger partial charge in [-0.2, -0.15) is 0 Å². The third-order valence-electron chi connectivity index (χ3n) is 3.52. The van der Waals surface area contributed by atoms with Gasteiger partial charge in [-0.3, -0.25) is 9.97 Å². The fraction of sp³-hybridized carbons (Fsp3) is 0.0500. The standard InChI is InChI=1S/C20H14N2O2/c1-14-5-8-17(20(23)24)12-16(14)9-6-15-7-10-19(22-13-15)18-4-2-3-11-21-18/h2-5,7-8,10-13H,1H3,(H,23,24). The van der Waals surface area contributed by atoms with Crippen molar-refractivity contribution < 1.29 is 9.90 Å². The molecular weight excluding hydrogens is 300 g/mol. The van der Waals surface area contributed by atoms with Crippen LogP contribution in [0.4, 0.5) is 0 Å². The number of aromatic nitrogens is 2. The minimum absolute atomic E-state index is 0.230. The van der Waals surface area contributed by atoms with E-state index in [4.69, 9.17) is 5.11 Å². The molecule has 0 aliphatic heterocycles. The van der Waals surface area contributed by atoms with Gasteiger partial charge in [0.15, 0.2) is 0 Å². The Morgan fingerprint density at radius 2 is 1.83 bits per heavy atom. The molecule has 0 aliphatic rings. The molecule has 0 atom stereocenters. The van der Waals surface area contributed by atoms with Crippen LogP contribution < -0.4 is 0 Å². The molecule has 0 spiro atoms. The number of carboxylic acids is 1. The van der Waals surface area contributed by atoms with Gasteiger partial charge in [0, 0.05) is 23.5 Å². The number of hydrogen-bond donors (Lipinski definition) is 1. The van der Waals surface area contributed by atoms with Crippen molar-refractivity contribution in [3.05, 3.63) is 83.2 Å². The molecule has 0 aliphatic carbocycles. The highest BCUT2D eigenvalue weighted by atomic mass is 16.4. The van der Waals surface area contributed by atoms with Crippen molar-refractivity contribution in [2.45, 2.75) is 6.92 Å². The van der Waals surface area contributed by atoms with Gasteiger partial charge in [0.2, 0.25) is 0 Å². The molecule has 0 saturated carbocycles. The van der Waals surface area contributed by atoms with E-state index >= 15 is 0 Å². The van der Waals surface area contributed by atoms with Crippen LogP contribution in [0.5, 0.6) is 0 Å². The number of nitrogens with zero attached hydrogens (tertiary/aromatic N) is 2. The van der Waals surface area contributed by atoms with E-state index in [1.54, 1.807) is 30.6 Å². The van der Waals surface area contributed by atoms with Crippen molar-refractivity contribution in [2.75, 3.05) is 0 Å². The minimum atomic E-state index is -0.959. The molecule has 2 aromatic heterocycles. The molecule has 0 radical (unpaired) electrons. The van der Waals surface area contributed by atoms with Gasteiger partial charge in [-0.25, -0.2) is 4.79 Å². The van der Waals surface area contributed by atoms with Crippen molar-refractivity contribution >= 4 is 5.97 Å². The topological polar surface area (TPSA) is 63.1 Å². The zero-order chi connectivity index (χ0) is 16.9. The van der Waals surface area contributed by atoms with Crippen LogP contribution in [0.3, 0.4) is 0 Å². The van der Waals surface area contributed by atoms with Gasteiger partial charge in [-0.05, 0) is 48.9 Å². The lowest BCUT2D eigenvalue weighted by molar-refractivity contribution is 0.0697. The van der Waals surface area contributed by atoms with Crippen LogP contribution in [0.2, 0.25) is 0 Å². The third kappa shape index (κ3) is 3.47. The molecule has 0 unspecified atom stereocenters. The number of hydrogen-bond acceptors (Lipinski definition) is 3. The number of aryl methyl sites for hydroxylation is 1. The highest BCUT2D eigenvalue weighted by molar-refractivity contribution is 5.88. The van der Waals surface area contributed by atoms with Gasteiger partial charge >= 0.3 is 5.97 Å². The van der Waals surface area contributed by atoms with Gasteiger partial charge in [0.05, 0.1) is 17.0 Å². The van der Waals surface area contributed by atoms with E-state index in [0.29, 0.717) is 5.56 Å². The van der Waals surface area contributed by atoms with E-state index in [1.807, 2.05) is 37.3 Å². The summed E-state index contributed by atoms with van der Waals surface area (Å²) in [4.78, 5) is 19.7. The van der Waals surface area contributed by atoms with Gasteiger partial charge in [-0.15, -0.1) is 0 Å².